The quantitative estimate of drug-likeness (QED) is 0.454. The van der Waals surface area contributed by atoms with Crippen LogP contribution >= 0.6 is 31.5 Å². The van der Waals surface area contributed by atoms with Crippen molar-refractivity contribution in [2.24, 2.45) is 0 Å². The number of hydrogen-bond donors (Lipinski definition) is 2. The molecule has 0 aliphatic carbocycles. The van der Waals surface area contributed by atoms with Crippen LogP contribution in [0.3, 0.4) is 0 Å². The molecule has 11 heavy (non-hydrogen) atoms. The lowest BCUT2D eigenvalue weighted by atomic mass is 9.83. The summed E-state index contributed by atoms with van der Waals surface area (Å²) in [5.41, 5.74) is 0. The largest absolute Gasteiger partial charge is 0.481 e. The van der Waals surface area contributed by atoms with Crippen molar-refractivity contribution in [3.8, 4) is 0 Å². The number of carbonyl (C=O) groups is 2. The van der Waals surface area contributed by atoms with Crippen molar-refractivity contribution in [2.45, 2.75) is 12.2 Å². The fourth-order valence-corrected chi connectivity index (χ4v) is 1.39. The molecule has 4 nitrogen and oxygen atoms in total. The van der Waals surface area contributed by atoms with E-state index < -0.39 is 17.8 Å². The van der Waals surface area contributed by atoms with Gasteiger partial charge in [0, 0.05) is 0 Å². The monoisotopic (exact) mass is 288 g/mol. The Labute approximate surface area is 79.9 Å². The molecule has 0 fully saturated rings. The van der Waals surface area contributed by atoms with Crippen molar-refractivity contribution in [1.82, 2.24) is 0 Å². The maximum Gasteiger partial charge on any atom is 0.303 e. The number of carboxylic acid groups (broad SMARTS) is 2. The summed E-state index contributed by atoms with van der Waals surface area (Å²) < 4.78 is -0.249. The highest BCUT2D eigenvalue weighted by atomic mass is 127. The minimum atomic E-state index is -1.08. The molecule has 0 aromatic carbocycles. The molecule has 0 radical (unpaired) electrons. The maximum absolute atomic E-state index is 10.4. The number of aliphatic carboxylic acids is 2. The Morgan fingerprint density at radius 3 is 2.09 bits per heavy atom. The molecule has 0 aliphatic rings. The van der Waals surface area contributed by atoms with Gasteiger partial charge in [-0.25, -0.2) is 0 Å². The molecule has 2 N–H and O–H groups in total. The zero-order valence-corrected chi connectivity index (χ0v) is 8.84. The molecule has 0 aromatic rings. The Hall–Kier alpha value is 0.165. The summed E-state index contributed by atoms with van der Waals surface area (Å²) in [4.78, 5) is 20.5. The molecule has 7 heteroatoms. The number of rotatable bonds is 4. The molecule has 0 aromatic heterocycles. The lowest BCUT2D eigenvalue weighted by Gasteiger charge is -2.08. The topological polar surface area (TPSA) is 74.6 Å². The minimum absolute atomic E-state index is 0.249. The van der Waals surface area contributed by atoms with Gasteiger partial charge in [-0.2, -0.15) is 9.12 Å². The first-order chi connectivity index (χ1) is 4.95. The molecular formula is C4H7BIO4P. The van der Waals surface area contributed by atoms with Gasteiger partial charge >= 0.3 is 11.9 Å². The first-order valence-electron chi connectivity index (χ1n) is 2.79. The third-order valence-corrected chi connectivity index (χ3v) is 2.43. The Morgan fingerprint density at radius 2 is 2.00 bits per heavy atom. The normalized spacial score (nSPS) is 12.2. The fourth-order valence-electron chi connectivity index (χ4n) is 0.524. The molecule has 0 aliphatic heterocycles. The van der Waals surface area contributed by atoms with E-state index in [2.05, 4.69) is 9.12 Å². The third kappa shape index (κ3) is 4.58. The van der Waals surface area contributed by atoms with Gasteiger partial charge in [-0.3, -0.25) is 9.59 Å². The van der Waals surface area contributed by atoms with Gasteiger partial charge in [0.15, 0.2) is 0 Å². The zero-order chi connectivity index (χ0) is 9.02. The van der Waals surface area contributed by atoms with Crippen LogP contribution in [0, 0.1) is 0 Å². The zero-order valence-electron chi connectivity index (χ0n) is 5.53. The second-order valence-corrected chi connectivity index (χ2v) is 5.50. The maximum atomic E-state index is 10.4. The molecule has 0 bridgehead atoms. The van der Waals surface area contributed by atoms with E-state index in [1.165, 1.54) is 0 Å². The van der Waals surface area contributed by atoms with Crippen LogP contribution in [-0.2, 0) is 9.59 Å². The van der Waals surface area contributed by atoms with Crippen molar-refractivity contribution in [2.75, 3.05) is 0 Å². The summed E-state index contributed by atoms with van der Waals surface area (Å²) in [5.74, 6) is -2.97. The van der Waals surface area contributed by atoms with Crippen molar-refractivity contribution < 1.29 is 19.8 Å². The molecular weight excluding hydrogens is 281 g/mol. The lowest BCUT2D eigenvalue weighted by molar-refractivity contribution is -0.143. The van der Waals surface area contributed by atoms with E-state index in [1.807, 2.05) is 22.4 Å². The van der Waals surface area contributed by atoms with Gasteiger partial charge < -0.3 is 10.2 Å². The van der Waals surface area contributed by atoms with Gasteiger partial charge in [0.2, 0.25) is 0 Å². The van der Waals surface area contributed by atoms with Gasteiger partial charge in [0.1, 0.15) is 0 Å². The Morgan fingerprint density at radius 1 is 1.55 bits per heavy atom. The van der Waals surface area contributed by atoms with Crippen molar-refractivity contribution in [3.63, 3.8) is 0 Å². The van der Waals surface area contributed by atoms with Crippen LogP contribution in [-0.4, -0.2) is 26.4 Å². The standard InChI is InChI=1S/C4H7BIO4P/c6-5(11)2(4(9)10)1-3(7)8/h2H,1,11H2,(H,7,8)(H,9,10). The molecule has 0 rings (SSSR count). The predicted octanol–water partition coefficient (Wildman–Crippen LogP) is 0.714. The van der Waals surface area contributed by atoms with Crippen LogP contribution in [0.4, 0.5) is 0 Å². The molecule has 2 atom stereocenters. The van der Waals surface area contributed by atoms with Crippen molar-refractivity contribution in [1.29, 1.82) is 0 Å². The molecule has 0 spiro atoms. The Kier molecular flexibility index (Phi) is 5.00. The minimum Gasteiger partial charge on any atom is -0.481 e. The van der Waals surface area contributed by atoms with E-state index in [0.29, 0.717) is 0 Å². The smallest absolute Gasteiger partial charge is 0.303 e. The highest BCUT2D eigenvalue weighted by molar-refractivity contribution is 14.1. The van der Waals surface area contributed by atoms with Gasteiger partial charge in [0.05, 0.1) is 12.2 Å². The molecule has 0 saturated heterocycles. The van der Waals surface area contributed by atoms with E-state index in [1.54, 1.807) is 0 Å². The Balaban J connectivity index is 4.12. The average Bonchev–Trinajstić information content (AvgIpc) is 1.81. The highest BCUT2D eigenvalue weighted by Gasteiger charge is 2.28. The van der Waals surface area contributed by atoms with Gasteiger partial charge in [-0.1, -0.05) is 0 Å². The Bertz CT molecular complexity index is 173. The SMILES string of the molecule is O=C(O)CC(B(P)I)C(=O)O. The first-order valence-corrected chi connectivity index (χ1v) is 4.70. The van der Waals surface area contributed by atoms with E-state index in [9.17, 15) is 9.59 Å². The average molecular weight is 288 g/mol. The van der Waals surface area contributed by atoms with Crippen LogP contribution in [0.25, 0.3) is 0 Å². The van der Waals surface area contributed by atoms with Crippen LogP contribution in [0.1, 0.15) is 6.42 Å². The van der Waals surface area contributed by atoms with Crippen LogP contribution in [0.2, 0.25) is 5.82 Å². The van der Waals surface area contributed by atoms with E-state index in [-0.39, 0.29) is 10.7 Å². The summed E-state index contributed by atoms with van der Waals surface area (Å²) in [6.45, 7) is 0. The van der Waals surface area contributed by atoms with E-state index in [0.717, 1.165) is 0 Å². The third-order valence-electron chi connectivity index (χ3n) is 1.10. The van der Waals surface area contributed by atoms with Gasteiger partial charge in [-0.05, 0) is 0 Å². The fraction of sp³-hybridized carbons (Fsp3) is 0.500. The molecule has 2 unspecified atom stereocenters. The first kappa shape index (κ1) is 11.2. The summed E-state index contributed by atoms with van der Waals surface area (Å²) in [6, 6.07) is 0. The van der Waals surface area contributed by atoms with Gasteiger partial charge in [0.25, 0.3) is 4.29 Å². The van der Waals surface area contributed by atoms with Crippen LogP contribution in [0.15, 0.2) is 0 Å². The highest BCUT2D eigenvalue weighted by Crippen LogP contribution is 2.24. The van der Waals surface area contributed by atoms with Crippen LogP contribution < -0.4 is 0 Å². The molecule has 0 heterocycles. The summed E-state index contributed by atoms with van der Waals surface area (Å²) in [6.07, 6.45) is -0.327. The number of halogens is 1. The number of hydrogen-bond acceptors (Lipinski definition) is 2. The molecule has 62 valence electrons. The summed E-state index contributed by atoms with van der Waals surface area (Å²) in [5, 5.41) is 16.8. The summed E-state index contributed by atoms with van der Waals surface area (Å²) >= 11 is 1.87. The number of carboxylic acids is 2. The second-order valence-electron chi connectivity index (χ2n) is 1.99. The van der Waals surface area contributed by atoms with Crippen LogP contribution in [0.5, 0.6) is 0 Å². The van der Waals surface area contributed by atoms with Crippen molar-refractivity contribution >= 4 is 47.7 Å². The van der Waals surface area contributed by atoms with E-state index >= 15 is 0 Å². The molecule has 0 amide bonds. The van der Waals surface area contributed by atoms with Crippen molar-refractivity contribution in [3.05, 3.63) is 0 Å². The predicted molar refractivity (Wildman–Crippen MR) is 53.1 cm³/mol. The molecule has 0 saturated carbocycles. The summed E-state index contributed by atoms with van der Waals surface area (Å²) in [7, 11) is 2.27. The second kappa shape index (κ2) is 4.93. The lowest BCUT2D eigenvalue weighted by Crippen LogP contribution is -2.19. The van der Waals surface area contributed by atoms with Gasteiger partial charge in [-0.15, -0.1) is 22.4 Å². The van der Waals surface area contributed by atoms with E-state index in [4.69, 9.17) is 10.2 Å².